The summed E-state index contributed by atoms with van der Waals surface area (Å²) in [6.45, 7) is 5.10. The van der Waals surface area contributed by atoms with Crippen LogP contribution in [0.1, 0.15) is 49.3 Å². The van der Waals surface area contributed by atoms with Crippen LogP contribution in [-0.4, -0.2) is 19.3 Å². The predicted molar refractivity (Wildman–Crippen MR) is 103 cm³/mol. The molecular weight excluding hydrogens is 324 g/mol. The molecule has 3 nitrogen and oxygen atoms in total. The summed E-state index contributed by atoms with van der Waals surface area (Å²) in [6.07, 6.45) is 4.86. The Hall–Kier alpha value is -2.00. The van der Waals surface area contributed by atoms with Crippen molar-refractivity contribution < 1.29 is 14.2 Å². The standard InChI is InChI=1S/C23H28O3/c1-16-9-10-20(21(22(16)24-3)23(2)11-12-23)26-19-13-18(14-19)25-15-17-7-5-4-6-8-17/h4-10,18-19H,11-15H2,1-3H3. The molecule has 2 aromatic carbocycles. The minimum Gasteiger partial charge on any atom is -0.496 e. The van der Waals surface area contributed by atoms with Gasteiger partial charge >= 0.3 is 0 Å². The van der Waals surface area contributed by atoms with Crippen molar-refractivity contribution in [3.05, 3.63) is 59.2 Å². The Balaban J connectivity index is 1.37. The predicted octanol–water partition coefficient (Wildman–Crippen LogP) is 5.18. The molecule has 2 aliphatic rings. The zero-order valence-electron chi connectivity index (χ0n) is 16.0. The number of hydrogen-bond donors (Lipinski definition) is 0. The Morgan fingerprint density at radius 3 is 2.38 bits per heavy atom. The highest BCUT2D eigenvalue weighted by atomic mass is 16.5. The van der Waals surface area contributed by atoms with Gasteiger partial charge in [0.05, 0.1) is 19.8 Å². The molecule has 26 heavy (non-hydrogen) atoms. The number of methoxy groups -OCH3 is 1. The molecule has 0 atom stereocenters. The summed E-state index contributed by atoms with van der Waals surface area (Å²) in [5, 5.41) is 0. The minimum absolute atomic E-state index is 0.208. The van der Waals surface area contributed by atoms with E-state index in [0.717, 1.165) is 24.3 Å². The van der Waals surface area contributed by atoms with Crippen LogP contribution in [0.2, 0.25) is 0 Å². The Labute approximate surface area is 156 Å². The first kappa shape index (κ1) is 17.4. The molecule has 2 fully saturated rings. The average Bonchev–Trinajstić information content (AvgIpc) is 3.36. The van der Waals surface area contributed by atoms with Gasteiger partial charge in [0.1, 0.15) is 17.6 Å². The van der Waals surface area contributed by atoms with Gasteiger partial charge in [-0.1, -0.05) is 43.3 Å². The maximum Gasteiger partial charge on any atom is 0.129 e. The molecule has 0 bridgehead atoms. The Morgan fingerprint density at radius 2 is 1.73 bits per heavy atom. The van der Waals surface area contributed by atoms with Crippen molar-refractivity contribution >= 4 is 0 Å². The summed E-state index contributed by atoms with van der Waals surface area (Å²) in [5.74, 6) is 2.00. The van der Waals surface area contributed by atoms with E-state index in [1.165, 1.54) is 29.5 Å². The fourth-order valence-corrected chi connectivity index (χ4v) is 3.76. The van der Waals surface area contributed by atoms with Gasteiger partial charge < -0.3 is 14.2 Å². The van der Waals surface area contributed by atoms with Gasteiger partial charge in [0.15, 0.2) is 0 Å². The second-order valence-electron chi connectivity index (χ2n) is 7.98. The molecule has 0 radical (unpaired) electrons. The molecular formula is C23H28O3. The summed E-state index contributed by atoms with van der Waals surface area (Å²) < 4.78 is 18.1. The molecule has 138 valence electrons. The van der Waals surface area contributed by atoms with E-state index in [-0.39, 0.29) is 11.5 Å². The van der Waals surface area contributed by atoms with Crippen molar-refractivity contribution in [3.63, 3.8) is 0 Å². The van der Waals surface area contributed by atoms with Crippen molar-refractivity contribution in [3.8, 4) is 11.5 Å². The molecule has 0 unspecified atom stereocenters. The van der Waals surface area contributed by atoms with Crippen LogP contribution in [0.5, 0.6) is 11.5 Å². The highest BCUT2D eigenvalue weighted by Crippen LogP contribution is 2.55. The lowest BCUT2D eigenvalue weighted by molar-refractivity contribution is -0.0687. The van der Waals surface area contributed by atoms with Crippen LogP contribution in [0.3, 0.4) is 0 Å². The fraction of sp³-hybridized carbons (Fsp3) is 0.478. The van der Waals surface area contributed by atoms with Crippen LogP contribution in [0, 0.1) is 6.92 Å². The molecule has 0 amide bonds. The van der Waals surface area contributed by atoms with Crippen LogP contribution in [-0.2, 0) is 16.8 Å². The highest BCUT2D eigenvalue weighted by molar-refractivity contribution is 5.55. The Morgan fingerprint density at radius 1 is 1.00 bits per heavy atom. The van der Waals surface area contributed by atoms with Gasteiger partial charge in [0.2, 0.25) is 0 Å². The van der Waals surface area contributed by atoms with Gasteiger partial charge in [-0.05, 0) is 42.4 Å². The first-order valence-corrected chi connectivity index (χ1v) is 9.59. The smallest absolute Gasteiger partial charge is 0.129 e. The fourth-order valence-electron chi connectivity index (χ4n) is 3.76. The largest absolute Gasteiger partial charge is 0.496 e. The van der Waals surface area contributed by atoms with E-state index in [1.807, 2.05) is 6.07 Å². The lowest BCUT2D eigenvalue weighted by atomic mass is 9.90. The van der Waals surface area contributed by atoms with E-state index in [9.17, 15) is 0 Å². The third-order valence-electron chi connectivity index (χ3n) is 5.80. The molecule has 3 heteroatoms. The zero-order chi connectivity index (χ0) is 18.1. The van der Waals surface area contributed by atoms with Crippen LogP contribution < -0.4 is 9.47 Å². The molecule has 2 saturated carbocycles. The second kappa shape index (κ2) is 6.96. The van der Waals surface area contributed by atoms with Gasteiger partial charge in [-0.25, -0.2) is 0 Å². The first-order chi connectivity index (χ1) is 12.6. The van der Waals surface area contributed by atoms with E-state index >= 15 is 0 Å². The zero-order valence-corrected chi connectivity index (χ0v) is 16.0. The number of ether oxygens (including phenoxy) is 3. The molecule has 0 aromatic heterocycles. The molecule has 2 aliphatic carbocycles. The van der Waals surface area contributed by atoms with E-state index < -0.39 is 0 Å². The van der Waals surface area contributed by atoms with Crippen LogP contribution in [0.15, 0.2) is 42.5 Å². The first-order valence-electron chi connectivity index (χ1n) is 9.59. The van der Waals surface area contributed by atoms with Gasteiger partial charge in [0.25, 0.3) is 0 Å². The highest BCUT2D eigenvalue weighted by Gasteiger charge is 2.45. The van der Waals surface area contributed by atoms with Crippen molar-refractivity contribution in [2.24, 2.45) is 0 Å². The molecule has 0 N–H and O–H groups in total. The Kier molecular flexibility index (Phi) is 4.66. The molecule has 0 spiro atoms. The van der Waals surface area contributed by atoms with Crippen molar-refractivity contribution in [2.45, 2.75) is 63.8 Å². The van der Waals surface area contributed by atoms with Crippen LogP contribution >= 0.6 is 0 Å². The normalized spacial score (nSPS) is 23.2. The van der Waals surface area contributed by atoms with E-state index in [2.05, 4.69) is 50.2 Å². The van der Waals surface area contributed by atoms with Gasteiger partial charge in [-0.3, -0.25) is 0 Å². The molecule has 0 heterocycles. The third-order valence-corrected chi connectivity index (χ3v) is 5.80. The lowest BCUT2D eigenvalue weighted by Gasteiger charge is -2.36. The third kappa shape index (κ3) is 3.45. The summed E-state index contributed by atoms with van der Waals surface area (Å²) in [4.78, 5) is 0. The summed E-state index contributed by atoms with van der Waals surface area (Å²) in [6, 6.07) is 14.6. The quantitative estimate of drug-likeness (QED) is 0.687. The number of hydrogen-bond acceptors (Lipinski definition) is 3. The maximum atomic E-state index is 6.37. The number of benzene rings is 2. The molecule has 2 aromatic rings. The monoisotopic (exact) mass is 352 g/mol. The Bertz CT molecular complexity index is 759. The van der Waals surface area contributed by atoms with Crippen molar-refractivity contribution in [1.29, 1.82) is 0 Å². The molecule has 0 aliphatic heterocycles. The molecule has 0 saturated heterocycles. The lowest BCUT2D eigenvalue weighted by Crippen LogP contribution is -2.39. The SMILES string of the molecule is COc1c(C)ccc(OC2CC(OCc3ccccc3)C2)c1C1(C)CC1. The van der Waals surface area contributed by atoms with Crippen LogP contribution in [0.25, 0.3) is 0 Å². The maximum absolute atomic E-state index is 6.37. The summed E-state index contributed by atoms with van der Waals surface area (Å²) in [5.41, 5.74) is 3.87. The van der Waals surface area contributed by atoms with Crippen LogP contribution in [0.4, 0.5) is 0 Å². The topological polar surface area (TPSA) is 27.7 Å². The average molecular weight is 352 g/mol. The van der Waals surface area contributed by atoms with Gasteiger partial charge in [0, 0.05) is 18.4 Å². The molecule has 4 rings (SSSR count). The van der Waals surface area contributed by atoms with Gasteiger partial charge in [-0.2, -0.15) is 0 Å². The van der Waals surface area contributed by atoms with E-state index in [0.29, 0.717) is 12.7 Å². The minimum atomic E-state index is 0.208. The number of rotatable bonds is 7. The summed E-state index contributed by atoms with van der Waals surface area (Å²) in [7, 11) is 1.76. The summed E-state index contributed by atoms with van der Waals surface area (Å²) >= 11 is 0. The van der Waals surface area contributed by atoms with Crippen molar-refractivity contribution in [1.82, 2.24) is 0 Å². The number of aryl methyl sites for hydroxylation is 1. The van der Waals surface area contributed by atoms with E-state index in [4.69, 9.17) is 14.2 Å². The second-order valence-corrected chi connectivity index (χ2v) is 7.98. The van der Waals surface area contributed by atoms with Crippen molar-refractivity contribution in [2.75, 3.05) is 7.11 Å². The van der Waals surface area contributed by atoms with Gasteiger partial charge in [-0.15, -0.1) is 0 Å². The van der Waals surface area contributed by atoms with E-state index in [1.54, 1.807) is 7.11 Å².